The summed E-state index contributed by atoms with van der Waals surface area (Å²) in [7, 11) is 0. The van der Waals surface area contributed by atoms with Gasteiger partial charge in [0.25, 0.3) is 5.91 Å². The highest BCUT2D eigenvalue weighted by Crippen LogP contribution is 2.32. The molecule has 1 aromatic carbocycles. The van der Waals surface area contributed by atoms with Crippen LogP contribution in [0.15, 0.2) is 36.5 Å². The Morgan fingerprint density at radius 2 is 1.80 bits per heavy atom. The molecular formula is C18H19N3O4. The van der Waals surface area contributed by atoms with E-state index in [1.807, 2.05) is 6.07 Å². The van der Waals surface area contributed by atoms with Crippen molar-refractivity contribution in [1.82, 2.24) is 4.98 Å². The predicted molar refractivity (Wildman–Crippen MR) is 92.7 cm³/mol. The van der Waals surface area contributed by atoms with E-state index in [9.17, 15) is 4.79 Å². The maximum atomic E-state index is 12.4. The topological polar surface area (TPSA) is 72.9 Å². The molecule has 0 spiro atoms. The van der Waals surface area contributed by atoms with Gasteiger partial charge < -0.3 is 24.4 Å². The van der Waals surface area contributed by atoms with Crippen LogP contribution in [0.2, 0.25) is 0 Å². The van der Waals surface area contributed by atoms with Gasteiger partial charge in [0.2, 0.25) is 0 Å². The van der Waals surface area contributed by atoms with Crippen molar-refractivity contribution in [2.45, 2.75) is 0 Å². The molecule has 2 aliphatic heterocycles. The molecular weight excluding hydrogens is 322 g/mol. The number of anilines is 2. The second-order valence-corrected chi connectivity index (χ2v) is 5.81. The number of carbonyl (C=O) groups is 1. The summed E-state index contributed by atoms with van der Waals surface area (Å²) in [6.07, 6.45) is 1.73. The summed E-state index contributed by atoms with van der Waals surface area (Å²) in [5, 5.41) is 2.84. The number of morpholine rings is 1. The Kier molecular flexibility index (Phi) is 4.39. The first-order chi connectivity index (χ1) is 12.3. The van der Waals surface area contributed by atoms with Crippen molar-refractivity contribution in [3.05, 3.63) is 42.2 Å². The number of aromatic nitrogens is 1. The average Bonchev–Trinajstić information content (AvgIpc) is 2.69. The molecule has 7 heteroatoms. The molecule has 0 unspecified atom stereocenters. The van der Waals surface area contributed by atoms with Crippen molar-refractivity contribution in [2.75, 3.05) is 49.7 Å². The Morgan fingerprint density at radius 3 is 2.56 bits per heavy atom. The lowest BCUT2D eigenvalue weighted by Crippen LogP contribution is -2.36. The summed E-state index contributed by atoms with van der Waals surface area (Å²) in [6, 6.07) is 8.98. The number of ether oxygens (including phenoxy) is 3. The van der Waals surface area contributed by atoms with E-state index < -0.39 is 0 Å². The minimum atomic E-state index is -0.259. The van der Waals surface area contributed by atoms with Crippen LogP contribution in [0.1, 0.15) is 10.5 Å². The molecule has 0 radical (unpaired) electrons. The maximum absolute atomic E-state index is 12.4. The molecule has 7 nitrogen and oxygen atoms in total. The van der Waals surface area contributed by atoms with Crippen LogP contribution >= 0.6 is 0 Å². The lowest BCUT2D eigenvalue weighted by atomic mass is 10.2. The van der Waals surface area contributed by atoms with Gasteiger partial charge in [-0.15, -0.1) is 0 Å². The number of carbonyl (C=O) groups excluding carboxylic acids is 1. The molecule has 0 saturated carbocycles. The highest BCUT2D eigenvalue weighted by Gasteiger charge is 2.15. The fourth-order valence-electron chi connectivity index (χ4n) is 2.85. The Morgan fingerprint density at radius 1 is 1.00 bits per heavy atom. The van der Waals surface area contributed by atoms with Gasteiger partial charge >= 0.3 is 0 Å². The van der Waals surface area contributed by atoms with Gasteiger partial charge in [-0.25, -0.2) is 4.98 Å². The van der Waals surface area contributed by atoms with Gasteiger partial charge in [-0.05, 0) is 24.3 Å². The largest absolute Gasteiger partial charge is 0.486 e. The SMILES string of the molecule is O=C(Nc1ccc2c(c1)OCCO2)c1ccc(N2CCOCC2)cn1. The van der Waals surface area contributed by atoms with Gasteiger partial charge in [0.15, 0.2) is 11.5 Å². The van der Waals surface area contributed by atoms with Gasteiger partial charge in [0, 0.05) is 24.8 Å². The molecule has 1 saturated heterocycles. The zero-order chi connectivity index (χ0) is 17.1. The molecule has 0 aliphatic carbocycles. The molecule has 1 aromatic heterocycles. The van der Waals surface area contributed by atoms with E-state index >= 15 is 0 Å². The number of nitrogens with zero attached hydrogens (tertiary/aromatic N) is 2. The van der Waals surface area contributed by atoms with E-state index in [1.54, 1.807) is 30.5 Å². The molecule has 130 valence electrons. The first-order valence-corrected chi connectivity index (χ1v) is 8.29. The van der Waals surface area contributed by atoms with Crippen LogP contribution in [0.25, 0.3) is 0 Å². The molecule has 3 heterocycles. The Balaban J connectivity index is 1.44. The number of pyridine rings is 1. The van der Waals surface area contributed by atoms with Crippen molar-refractivity contribution in [3.8, 4) is 11.5 Å². The third kappa shape index (κ3) is 3.51. The zero-order valence-corrected chi connectivity index (χ0v) is 13.7. The van der Waals surface area contributed by atoms with E-state index in [4.69, 9.17) is 14.2 Å². The molecule has 0 atom stereocenters. The standard InChI is InChI=1S/C18H19N3O4/c22-18(20-13-1-4-16-17(11-13)25-10-9-24-16)15-3-2-14(12-19-15)21-5-7-23-8-6-21/h1-4,11-12H,5-10H2,(H,20,22). The molecule has 2 aliphatic rings. The van der Waals surface area contributed by atoms with Crippen LogP contribution in [-0.2, 0) is 4.74 Å². The Hall–Kier alpha value is -2.80. The molecule has 4 rings (SSSR count). The molecule has 1 N–H and O–H groups in total. The number of nitrogens with one attached hydrogen (secondary N) is 1. The van der Waals surface area contributed by atoms with Crippen LogP contribution < -0.4 is 19.7 Å². The van der Waals surface area contributed by atoms with Crippen molar-refractivity contribution >= 4 is 17.3 Å². The van der Waals surface area contributed by atoms with Crippen molar-refractivity contribution in [2.24, 2.45) is 0 Å². The van der Waals surface area contributed by atoms with E-state index in [-0.39, 0.29) is 5.91 Å². The van der Waals surface area contributed by atoms with Crippen LogP contribution in [0, 0.1) is 0 Å². The quantitative estimate of drug-likeness (QED) is 0.920. The van der Waals surface area contributed by atoms with E-state index in [0.29, 0.717) is 49.3 Å². The predicted octanol–water partition coefficient (Wildman–Crippen LogP) is 1.94. The number of rotatable bonds is 3. The van der Waals surface area contributed by atoms with Gasteiger partial charge in [-0.3, -0.25) is 4.79 Å². The molecule has 0 bridgehead atoms. The lowest BCUT2D eigenvalue weighted by Gasteiger charge is -2.28. The van der Waals surface area contributed by atoms with Crippen LogP contribution in [0.3, 0.4) is 0 Å². The third-order valence-corrected chi connectivity index (χ3v) is 4.16. The highest BCUT2D eigenvalue weighted by molar-refractivity contribution is 6.03. The minimum Gasteiger partial charge on any atom is -0.486 e. The zero-order valence-electron chi connectivity index (χ0n) is 13.7. The number of benzene rings is 1. The fourth-order valence-corrected chi connectivity index (χ4v) is 2.85. The summed E-state index contributed by atoms with van der Waals surface area (Å²) in [5.41, 5.74) is 2.01. The highest BCUT2D eigenvalue weighted by atomic mass is 16.6. The number of hydrogen-bond donors (Lipinski definition) is 1. The van der Waals surface area contributed by atoms with Crippen LogP contribution in [-0.4, -0.2) is 50.4 Å². The maximum Gasteiger partial charge on any atom is 0.274 e. The first-order valence-electron chi connectivity index (χ1n) is 8.29. The molecule has 1 amide bonds. The summed E-state index contributed by atoms with van der Waals surface area (Å²) >= 11 is 0. The number of amides is 1. The average molecular weight is 341 g/mol. The van der Waals surface area contributed by atoms with Crippen LogP contribution in [0.5, 0.6) is 11.5 Å². The molecule has 1 fully saturated rings. The van der Waals surface area contributed by atoms with Crippen molar-refractivity contribution < 1.29 is 19.0 Å². The number of hydrogen-bond acceptors (Lipinski definition) is 6. The van der Waals surface area contributed by atoms with Gasteiger partial charge in [-0.2, -0.15) is 0 Å². The normalized spacial score (nSPS) is 16.4. The smallest absolute Gasteiger partial charge is 0.274 e. The second kappa shape index (κ2) is 6.98. The Labute approximate surface area is 145 Å². The van der Waals surface area contributed by atoms with Gasteiger partial charge in [0.1, 0.15) is 18.9 Å². The summed E-state index contributed by atoms with van der Waals surface area (Å²) in [5.74, 6) is 1.07. The lowest BCUT2D eigenvalue weighted by molar-refractivity contribution is 0.102. The summed E-state index contributed by atoms with van der Waals surface area (Å²) < 4.78 is 16.3. The third-order valence-electron chi connectivity index (χ3n) is 4.16. The van der Waals surface area contributed by atoms with E-state index in [0.717, 1.165) is 18.8 Å². The van der Waals surface area contributed by atoms with Gasteiger partial charge in [-0.1, -0.05) is 0 Å². The van der Waals surface area contributed by atoms with Crippen molar-refractivity contribution in [1.29, 1.82) is 0 Å². The second-order valence-electron chi connectivity index (χ2n) is 5.81. The minimum absolute atomic E-state index is 0.259. The number of fused-ring (bicyclic) bond motifs is 1. The summed E-state index contributed by atoms with van der Waals surface area (Å²) in [6.45, 7) is 4.15. The van der Waals surface area contributed by atoms with Gasteiger partial charge in [0.05, 0.1) is 25.1 Å². The molecule has 25 heavy (non-hydrogen) atoms. The van der Waals surface area contributed by atoms with E-state index in [1.165, 1.54) is 0 Å². The van der Waals surface area contributed by atoms with Crippen LogP contribution in [0.4, 0.5) is 11.4 Å². The monoisotopic (exact) mass is 341 g/mol. The first kappa shape index (κ1) is 15.7. The molecule has 2 aromatic rings. The Bertz CT molecular complexity index is 757. The fraction of sp³-hybridized carbons (Fsp3) is 0.333. The summed E-state index contributed by atoms with van der Waals surface area (Å²) in [4.78, 5) is 18.9. The van der Waals surface area contributed by atoms with E-state index in [2.05, 4.69) is 15.2 Å². The van der Waals surface area contributed by atoms with Crippen molar-refractivity contribution in [3.63, 3.8) is 0 Å².